The Kier molecular flexibility index (Phi) is 4.50. The van der Waals surface area contributed by atoms with E-state index in [0.717, 1.165) is 17.0 Å². The first-order valence-corrected chi connectivity index (χ1v) is 7.06. The van der Waals surface area contributed by atoms with Crippen LogP contribution < -0.4 is 10.3 Å². The molecule has 2 rings (SSSR count). The lowest BCUT2D eigenvalue weighted by Crippen LogP contribution is -2.26. The van der Waals surface area contributed by atoms with Gasteiger partial charge >= 0.3 is 0 Å². The molecule has 0 N–H and O–H groups in total. The van der Waals surface area contributed by atoms with E-state index in [1.54, 1.807) is 17.7 Å². The molecule has 0 amide bonds. The van der Waals surface area contributed by atoms with Crippen molar-refractivity contribution in [3.05, 3.63) is 52.3 Å². The molecule has 20 heavy (non-hydrogen) atoms. The summed E-state index contributed by atoms with van der Waals surface area (Å²) in [6.07, 6.45) is 0. The van der Waals surface area contributed by atoms with E-state index in [1.165, 1.54) is 0 Å². The van der Waals surface area contributed by atoms with Crippen LogP contribution in [0.3, 0.4) is 0 Å². The smallest absolute Gasteiger partial charge is 0.255 e. The minimum Gasteiger partial charge on any atom is -0.497 e. The number of rotatable bonds is 4. The third-order valence-electron chi connectivity index (χ3n) is 3.22. The molecule has 2 aromatic rings. The summed E-state index contributed by atoms with van der Waals surface area (Å²) in [6.45, 7) is 3.98. The van der Waals surface area contributed by atoms with Crippen molar-refractivity contribution in [2.75, 3.05) is 7.11 Å². The van der Waals surface area contributed by atoms with Crippen LogP contribution in [0.25, 0.3) is 11.3 Å². The van der Waals surface area contributed by atoms with E-state index < -0.39 is 0 Å². The standard InChI is InChI=1S/C16H18ClNO2/c1-11(2)18-15(8-7-13(10-17)16(18)19)12-5-4-6-14(9-12)20-3/h4-9,11H,10H2,1-3H3. The number of methoxy groups -OCH3 is 1. The third-order valence-corrected chi connectivity index (χ3v) is 3.51. The molecule has 0 bridgehead atoms. The van der Waals surface area contributed by atoms with Crippen LogP contribution in [0.1, 0.15) is 25.5 Å². The molecule has 0 fully saturated rings. The molecular weight excluding hydrogens is 274 g/mol. The molecular formula is C16H18ClNO2. The molecule has 106 valence electrons. The molecule has 0 aliphatic heterocycles. The van der Waals surface area contributed by atoms with Crippen LogP contribution in [0.4, 0.5) is 0 Å². The summed E-state index contributed by atoms with van der Waals surface area (Å²) in [4.78, 5) is 12.4. The molecule has 0 spiro atoms. The van der Waals surface area contributed by atoms with Gasteiger partial charge < -0.3 is 9.30 Å². The summed E-state index contributed by atoms with van der Waals surface area (Å²) >= 11 is 5.82. The van der Waals surface area contributed by atoms with Gasteiger partial charge in [0.25, 0.3) is 5.56 Å². The first kappa shape index (κ1) is 14.7. The molecule has 3 nitrogen and oxygen atoms in total. The van der Waals surface area contributed by atoms with Crippen LogP contribution >= 0.6 is 11.6 Å². The predicted octanol–water partition coefficient (Wildman–Crippen LogP) is 3.84. The number of halogens is 1. The van der Waals surface area contributed by atoms with Crippen molar-refractivity contribution >= 4 is 11.6 Å². The summed E-state index contributed by atoms with van der Waals surface area (Å²) in [5.74, 6) is 0.996. The van der Waals surface area contributed by atoms with Gasteiger partial charge in [-0.15, -0.1) is 11.6 Å². The first-order chi connectivity index (χ1) is 9.58. The van der Waals surface area contributed by atoms with Gasteiger partial charge in [0.15, 0.2) is 0 Å². The summed E-state index contributed by atoms with van der Waals surface area (Å²) in [5.41, 5.74) is 2.41. The van der Waals surface area contributed by atoms with Gasteiger partial charge in [0, 0.05) is 17.2 Å². The molecule has 0 radical (unpaired) electrons. The van der Waals surface area contributed by atoms with Crippen molar-refractivity contribution in [1.82, 2.24) is 4.57 Å². The van der Waals surface area contributed by atoms with Crippen molar-refractivity contribution in [2.24, 2.45) is 0 Å². The Hall–Kier alpha value is -1.74. The van der Waals surface area contributed by atoms with Crippen molar-refractivity contribution in [2.45, 2.75) is 25.8 Å². The van der Waals surface area contributed by atoms with Crippen molar-refractivity contribution in [3.63, 3.8) is 0 Å². The minimum absolute atomic E-state index is 0.0321. The SMILES string of the molecule is COc1cccc(-c2ccc(CCl)c(=O)n2C(C)C)c1. The highest BCUT2D eigenvalue weighted by molar-refractivity contribution is 6.17. The number of nitrogens with zero attached hydrogens (tertiary/aromatic N) is 1. The molecule has 0 atom stereocenters. The van der Waals surface area contributed by atoms with Gasteiger partial charge in [-0.1, -0.05) is 18.2 Å². The Labute approximate surface area is 123 Å². The molecule has 0 saturated carbocycles. The number of pyridine rings is 1. The lowest BCUT2D eigenvalue weighted by atomic mass is 10.1. The van der Waals surface area contributed by atoms with Gasteiger partial charge in [0.2, 0.25) is 0 Å². The molecule has 0 aliphatic carbocycles. The number of hydrogen-bond donors (Lipinski definition) is 0. The second-order valence-corrected chi connectivity index (χ2v) is 5.15. The lowest BCUT2D eigenvalue weighted by molar-refractivity contribution is 0.415. The summed E-state index contributed by atoms with van der Waals surface area (Å²) in [6, 6.07) is 11.5. The van der Waals surface area contributed by atoms with E-state index in [4.69, 9.17) is 16.3 Å². The molecule has 0 unspecified atom stereocenters. The zero-order chi connectivity index (χ0) is 14.7. The second kappa shape index (κ2) is 6.14. The van der Waals surface area contributed by atoms with E-state index in [-0.39, 0.29) is 17.5 Å². The molecule has 0 aliphatic rings. The van der Waals surface area contributed by atoms with Gasteiger partial charge in [-0.25, -0.2) is 0 Å². The van der Waals surface area contributed by atoms with Gasteiger partial charge in [-0.3, -0.25) is 4.79 Å². The largest absolute Gasteiger partial charge is 0.497 e. The van der Waals surface area contributed by atoms with Crippen LogP contribution in [-0.4, -0.2) is 11.7 Å². The molecule has 1 heterocycles. The summed E-state index contributed by atoms with van der Waals surface area (Å²) in [5, 5.41) is 0. The van der Waals surface area contributed by atoms with Crippen LogP contribution in [0, 0.1) is 0 Å². The average Bonchev–Trinajstić information content (AvgIpc) is 2.46. The topological polar surface area (TPSA) is 31.2 Å². The number of ether oxygens (including phenoxy) is 1. The third kappa shape index (κ3) is 2.73. The normalized spacial score (nSPS) is 10.8. The Balaban J connectivity index is 2.67. The van der Waals surface area contributed by atoms with E-state index in [9.17, 15) is 4.79 Å². The number of hydrogen-bond acceptors (Lipinski definition) is 2. The number of aromatic nitrogens is 1. The van der Waals surface area contributed by atoms with Crippen molar-refractivity contribution in [3.8, 4) is 17.0 Å². The highest BCUT2D eigenvalue weighted by Gasteiger charge is 2.13. The lowest BCUT2D eigenvalue weighted by Gasteiger charge is -2.18. The maximum atomic E-state index is 12.4. The van der Waals surface area contributed by atoms with Crippen LogP contribution in [0.15, 0.2) is 41.2 Å². The highest BCUT2D eigenvalue weighted by Crippen LogP contribution is 2.25. The summed E-state index contributed by atoms with van der Waals surface area (Å²) in [7, 11) is 1.63. The van der Waals surface area contributed by atoms with E-state index in [1.807, 2.05) is 44.2 Å². The first-order valence-electron chi connectivity index (χ1n) is 6.53. The fourth-order valence-corrected chi connectivity index (χ4v) is 2.43. The van der Waals surface area contributed by atoms with Crippen LogP contribution in [0.2, 0.25) is 0 Å². The molecule has 1 aromatic carbocycles. The number of benzene rings is 1. The van der Waals surface area contributed by atoms with Crippen LogP contribution in [-0.2, 0) is 5.88 Å². The van der Waals surface area contributed by atoms with Crippen molar-refractivity contribution in [1.29, 1.82) is 0 Å². The average molecular weight is 292 g/mol. The highest BCUT2D eigenvalue weighted by atomic mass is 35.5. The van der Waals surface area contributed by atoms with Gasteiger partial charge in [0.1, 0.15) is 5.75 Å². The van der Waals surface area contributed by atoms with Gasteiger partial charge in [0.05, 0.1) is 18.7 Å². The Morgan fingerprint density at radius 1 is 1.25 bits per heavy atom. The maximum Gasteiger partial charge on any atom is 0.255 e. The van der Waals surface area contributed by atoms with E-state index in [2.05, 4.69) is 0 Å². The number of alkyl halides is 1. The van der Waals surface area contributed by atoms with Gasteiger partial charge in [-0.2, -0.15) is 0 Å². The molecule has 1 aromatic heterocycles. The van der Waals surface area contributed by atoms with Crippen LogP contribution in [0.5, 0.6) is 5.75 Å². The molecule has 4 heteroatoms. The predicted molar refractivity (Wildman–Crippen MR) is 82.6 cm³/mol. The molecule has 0 saturated heterocycles. The minimum atomic E-state index is -0.0321. The maximum absolute atomic E-state index is 12.4. The Morgan fingerprint density at radius 2 is 2.00 bits per heavy atom. The summed E-state index contributed by atoms with van der Waals surface area (Å²) < 4.78 is 7.01. The van der Waals surface area contributed by atoms with E-state index >= 15 is 0 Å². The Morgan fingerprint density at radius 3 is 2.60 bits per heavy atom. The fraction of sp³-hybridized carbons (Fsp3) is 0.312. The monoisotopic (exact) mass is 291 g/mol. The zero-order valence-electron chi connectivity index (χ0n) is 11.9. The van der Waals surface area contributed by atoms with E-state index in [0.29, 0.717) is 5.56 Å². The fourth-order valence-electron chi connectivity index (χ4n) is 2.23. The Bertz CT molecular complexity index is 662. The second-order valence-electron chi connectivity index (χ2n) is 4.88. The quantitative estimate of drug-likeness (QED) is 0.801. The van der Waals surface area contributed by atoms with Crippen molar-refractivity contribution < 1.29 is 4.74 Å². The zero-order valence-corrected chi connectivity index (χ0v) is 12.6. The van der Waals surface area contributed by atoms with Gasteiger partial charge in [-0.05, 0) is 32.0 Å².